The molecule has 0 aromatic carbocycles. The van der Waals surface area contributed by atoms with E-state index in [1.54, 1.807) is 17.1 Å². The van der Waals surface area contributed by atoms with Gasteiger partial charge in [-0.3, -0.25) is 14.2 Å². The lowest BCUT2D eigenvalue weighted by molar-refractivity contribution is 0.0687. The van der Waals surface area contributed by atoms with Gasteiger partial charge in [0, 0.05) is 25.0 Å². The second-order valence-corrected chi connectivity index (χ2v) is 7.10. The number of rotatable bonds is 6. The van der Waals surface area contributed by atoms with Gasteiger partial charge in [-0.25, -0.2) is 4.79 Å². The number of piperidine rings is 1. The van der Waals surface area contributed by atoms with Crippen LogP contribution >= 0.6 is 0 Å². The van der Waals surface area contributed by atoms with Crippen LogP contribution in [0, 0.1) is 6.92 Å². The Balaban J connectivity index is 1.65. The summed E-state index contributed by atoms with van der Waals surface area (Å²) in [7, 11) is 0. The first-order chi connectivity index (χ1) is 13.0. The van der Waals surface area contributed by atoms with Crippen LogP contribution in [0.4, 0.5) is 0 Å². The van der Waals surface area contributed by atoms with Gasteiger partial charge in [0.15, 0.2) is 0 Å². The fraction of sp³-hybridized carbons (Fsp3) is 0.579. The van der Waals surface area contributed by atoms with Gasteiger partial charge in [0.25, 0.3) is 5.91 Å². The lowest BCUT2D eigenvalue weighted by Crippen LogP contribution is -2.39. The molecule has 1 saturated heterocycles. The van der Waals surface area contributed by atoms with Crippen LogP contribution in [0.3, 0.4) is 0 Å². The zero-order valence-electron chi connectivity index (χ0n) is 16.1. The fourth-order valence-electron chi connectivity index (χ4n) is 3.79. The zero-order valence-corrected chi connectivity index (χ0v) is 16.1. The standard InChI is InChI=1S/C19H27N5O3/c1-4-15(5-2)24-13(3)17(11-21-24)18(25)22-8-6-16(7-9-22)23-12-14(10-20-23)19(26)27/h10-12,15-16H,4-9H2,1-3H3,(H,26,27). The summed E-state index contributed by atoms with van der Waals surface area (Å²) < 4.78 is 3.68. The quantitative estimate of drug-likeness (QED) is 0.840. The van der Waals surface area contributed by atoms with Crippen molar-refractivity contribution < 1.29 is 14.7 Å². The maximum absolute atomic E-state index is 12.9. The summed E-state index contributed by atoms with van der Waals surface area (Å²) in [6.07, 6.45) is 8.11. The van der Waals surface area contributed by atoms with Crippen molar-refractivity contribution in [1.82, 2.24) is 24.5 Å². The van der Waals surface area contributed by atoms with E-state index in [-0.39, 0.29) is 17.5 Å². The van der Waals surface area contributed by atoms with Crippen molar-refractivity contribution in [3.63, 3.8) is 0 Å². The Morgan fingerprint density at radius 1 is 1.19 bits per heavy atom. The van der Waals surface area contributed by atoms with Crippen LogP contribution in [0.1, 0.15) is 78.0 Å². The number of likely N-dealkylation sites (tertiary alicyclic amines) is 1. The van der Waals surface area contributed by atoms with Gasteiger partial charge in [0.2, 0.25) is 0 Å². The lowest BCUT2D eigenvalue weighted by Gasteiger charge is -2.32. The third-order valence-electron chi connectivity index (χ3n) is 5.54. The molecule has 0 aliphatic carbocycles. The van der Waals surface area contributed by atoms with Gasteiger partial charge in [0.1, 0.15) is 0 Å². The highest BCUT2D eigenvalue weighted by atomic mass is 16.4. The van der Waals surface area contributed by atoms with Crippen LogP contribution in [-0.4, -0.2) is 54.5 Å². The molecule has 0 bridgehead atoms. The summed E-state index contributed by atoms with van der Waals surface area (Å²) in [5.74, 6) is -0.950. The third-order valence-corrected chi connectivity index (χ3v) is 5.54. The molecule has 3 heterocycles. The van der Waals surface area contributed by atoms with Gasteiger partial charge in [-0.05, 0) is 32.6 Å². The second-order valence-electron chi connectivity index (χ2n) is 7.10. The Morgan fingerprint density at radius 3 is 2.41 bits per heavy atom. The monoisotopic (exact) mass is 373 g/mol. The van der Waals surface area contributed by atoms with E-state index in [9.17, 15) is 9.59 Å². The van der Waals surface area contributed by atoms with Crippen molar-refractivity contribution in [2.75, 3.05) is 13.1 Å². The van der Waals surface area contributed by atoms with E-state index in [2.05, 4.69) is 24.0 Å². The summed E-state index contributed by atoms with van der Waals surface area (Å²) in [6, 6.07) is 0.441. The zero-order chi connectivity index (χ0) is 19.6. The van der Waals surface area contributed by atoms with E-state index < -0.39 is 5.97 Å². The summed E-state index contributed by atoms with van der Waals surface area (Å²) in [6.45, 7) is 7.48. The van der Waals surface area contributed by atoms with E-state index in [4.69, 9.17) is 5.11 Å². The van der Waals surface area contributed by atoms with Gasteiger partial charge in [-0.1, -0.05) is 13.8 Å². The van der Waals surface area contributed by atoms with Crippen LogP contribution in [0.25, 0.3) is 0 Å². The highest BCUT2D eigenvalue weighted by Crippen LogP contribution is 2.25. The summed E-state index contributed by atoms with van der Waals surface area (Å²) in [4.78, 5) is 25.8. The second kappa shape index (κ2) is 7.94. The molecule has 27 heavy (non-hydrogen) atoms. The maximum atomic E-state index is 12.9. The molecule has 0 unspecified atom stereocenters. The summed E-state index contributed by atoms with van der Waals surface area (Å²) in [5.41, 5.74) is 1.79. The number of carbonyl (C=O) groups is 2. The van der Waals surface area contributed by atoms with E-state index in [0.717, 1.165) is 31.4 Å². The first-order valence-corrected chi connectivity index (χ1v) is 9.57. The molecule has 0 atom stereocenters. The van der Waals surface area contributed by atoms with Crippen molar-refractivity contribution in [3.05, 3.63) is 35.4 Å². The summed E-state index contributed by atoms with van der Waals surface area (Å²) >= 11 is 0. The molecule has 0 radical (unpaired) electrons. The van der Waals surface area contributed by atoms with E-state index in [1.165, 1.54) is 6.20 Å². The van der Waals surface area contributed by atoms with Crippen molar-refractivity contribution in [3.8, 4) is 0 Å². The third kappa shape index (κ3) is 3.74. The van der Waals surface area contributed by atoms with Crippen molar-refractivity contribution in [2.24, 2.45) is 0 Å². The Morgan fingerprint density at radius 2 is 1.85 bits per heavy atom. The maximum Gasteiger partial charge on any atom is 0.338 e. The number of hydrogen-bond acceptors (Lipinski definition) is 4. The number of nitrogens with zero attached hydrogens (tertiary/aromatic N) is 5. The number of aromatic nitrogens is 4. The molecule has 1 aliphatic rings. The Hall–Kier alpha value is -2.64. The van der Waals surface area contributed by atoms with Crippen molar-refractivity contribution in [2.45, 2.75) is 58.5 Å². The SMILES string of the molecule is CCC(CC)n1ncc(C(=O)N2CCC(n3cc(C(=O)O)cn3)CC2)c1C. The lowest BCUT2D eigenvalue weighted by atomic mass is 10.0. The minimum Gasteiger partial charge on any atom is -0.478 e. The molecule has 146 valence electrons. The van der Waals surface area contributed by atoms with E-state index in [1.807, 2.05) is 16.5 Å². The predicted molar refractivity (Wildman–Crippen MR) is 99.9 cm³/mol. The average molecular weight is 373 g/mol. The Bertz CT molecular complexity index is 813. The molecule has 1 amide bonds. The molecule has 0 spiro atoms. The Kier molecular flexibility index (Phi) is 5.62. The van der Waals surface area contributed by atoms with E-state index >= 15 is 0 Å². The molecule has 1 fully saturated rings. The predicted octanol–water partition coefficient (Wildman–Crippen LogP) is 2.92. The molecule has 1 N–H and O–H groups in total. The van der Waals surface area contributed by atoms with Gasteiger partial charge >= 0.3 is 5.97 Å². The molecule has 2 aromatic heterocycles. The number of carboxylic acid groups (broad SMARTS) is 1. The number of hydrogen-bond donors (Lipinski definition) is 1. The van der Waals surface area contributed by atoms with Gasteiger partial charge in [-0.15, -0.1) is 0 Å². The molecular weight excluding hydrogens is 346 g/mol. The van der Waals surface area contributed by atoms with Crippen LogP contribution in [0.15, 0.2) is 18.6 Å². The smallest absolute Gasteiger partial charge is 0.338 e. The van der Waals surface area contributed by atoms with Crippen LogP contribution in [0.2, 0.25) is 0 Å². The average Bonchev–Trinajstić information content (AvgIpc) is 3.31. The fourth-order valence-corrected chi connectivity index (χ4v) is 3.79. The minimum atomic E-state index is -0.973. The molecule has 3 rings (SSSR count). The van der Waals surface area contributed by atoms with Gasteiger partial charge in [0.05, 0.1) is 35.6 Å². The Labute approximate surface area is 158 Å². The highest BCUT2D eigenvalue weighted by molar-refractivity contribution is 5.95. The number of amides is 1. The first-order valence-electron chi connectivity index (χ1n) is 9.57. The largest absolute Gasteiger partial charge is 0.478 e. The van der Waals surface area contributed by atoms with Gasteiger partial charge in [-0.2, -0.15) is 10.2 Å². The topological polar surface area (TPSA) is 93.2 Å². The highest BCUT2D eigenvalue weighted by Gasteiger charge is 2.28. The molecule has 1 aliphatic heterocycles. The minimum absolute atomic E-state index is 0.0230. The van der Waals surface area contributed by atoms with Gasteiger partial charge < -0.3 is 10.0 Å². The normalized spacial score (nSPS) is 15.5. The number of carbonyl (C=O) groups excluding carboxylic acids is 1. The molecular formula is C19H27N5O3. The van der Waals surface area contributed by atoms with Crippen LogP contribution < -0.4 is 0 Å². The van der Waals surface area contributed by atoms with Crippen molar-refractivity contribution >= 4 is 11.9 Å². The number of carboxylic acids is 1. The first kappa shape index (κ1) is 19.1. The molecule has 8 heteroatoms. The van der Waals surface area contributed by atoms with Crippen LogP contribution in [0.5, 0.6) is 0 Å². The van der Waals surface area contributed by atoms with Crippen molar-refractivity contribution in [1.29, 1.82) is 0 Å². The van der Waals surface area contributed by atoms with E-state index in [0.29, 0.717) is 24.7 Å². The van der Waals surface area contributed by atoms with Crippen LogP contribution in [-0.2, 0) is 0 Å². The molecule has 8 nitrogen and oxygen atoms in total. The molecule has 0 saturated carbocycles. The summed E-state index contributed by atoms with van der Waals surface area (Å²) in [5, 5.41) is 17.6. The number of aromatic carboxylic acids is 1. The molecule has 2 aromatic rings.